The number of ether oxygens (including phenoxy) is 2. The molecule has 2 aromatic carbocycles. The van der Waals surface area contributed by atoms with Crippen molar-refractivity contribution >= 4 is 29.4 Å². The zero-order valence-electron chi connectivity index (χ0n) is 25.9. The minimum Gasteiger partial charge on any atom is -0.431 e. The zero-order chi connectivity index (χ0) is 31.6. The lowest BCUT2D eigenvalue weighted by atomic mass is 10.0. The number of carbonyl (C=O) groups excluding carboxylic acids is 2. The van der Waals surface area contributed by atoms with Crippen LogP contribution in [-0.4, -0.2) is 59.2 Å². The van der Waals surface area contributed by atoms with Crippen LogP contribution in [0.15, 0.2) is 85.3 Å². The lowest BCUT2D eigenvalue weighted by Gasteiger charge is -2.34. The Balaban J connectivity index is 1.28. The van der Waals surface area contributed by atoms with Gasteiger partial charge in [-0.05, 0) is 55.7 Å². The first-order valence-corrected chi connectivity index (χ1v) is 15.2. The van der Waals surface area contributed by atoms with Gasteiger partial charge in [-0.3, -0.25) is 9.69 Å². The number of aryl methyl sites for hydroxylation is 1. The molecule has 234 valence electrons. The van der Waals surface area contributed by atoms with Crippen molar-refractivity contribution in [3.8, 4) is 11.3 Å². The van der Waals surface area contributed by atoms with E-state index in [1.807, 2.05) is 93.7 Å². The first-order chi connectivity index (χ1) is 21.9. The molecule has 1 saturated heterocycles. The summed E-state index contributed by atoms with van der Waals surface area (Å²) in [6.07, 6.45) is 5.13. The highest BCUT2D eigenvalue weighted by Gasteiger charge is 2.29. The number of nitrogens with zero attached hydrogens (tertiary/aromatic N) is 4. The molecule has 1 amide bonds. The van der Waals surface area contributed by atoms with Crippen molar-refractivity contribution in [2.45, 2.75) is 46.1 Å². The fourth-order valence-corrected chi connectivity index (χ4v) is 5.01. The van der Waals surface area contributed by atoms with Gasteiger partial charge >= 0.3 is 6.16 Å². The summed E-state index contributed by atoms with van der Waals surface area (Å²) in [5, 5.41) is 9.82. The van der Waals surface area contributed by atoms with Gasteiger partial charge in [0.25, 0.3) is 6.73 Å². The number of benzene rings is 2. The van der Waals surface area contributed by atoms with Crippen molar-refractivity contribution in [1.82, 2.24) is 20.2 Å². The third-order valence-electron chi connectivity index (χ3n) is 7.65. The number of hydrogen-bond acceptors (Lipinski definition) is 9. The summed E-state index contributed by atoms with van der Waals surface area (Å²) in [6.45, 7) is 9.03. The Kier molecular flexibility index (Phi) is 10.7. The maximum absolute atomic E-state index is 13.7. The number of amides is 1. The molecule has 1 aliphatic heterocycles. The molecular formula is C34H40N7O4+. The van der Waals surface area contributed by atoms with Crippen molar-refractivity contribution in [3.05, 3.63) is 96.4 Å². The molecule has 2 atom stereocenters. The number of pyridine rings is 1. The van der Waals surface area contributed by atoms with Gasteiger partial charge in [-0.1, -0.05) is 43.3 Å². The molecule has 1 aliphatic rings. The number of carbonyl (C=O) groups is 2. The molecule has 0 spiro atoms. The van der Waals surface area contributed by atoms with Crippen LogP contribution in [0.2, 0.25) is 0 Å². The van der Waals surface area contributed by atoms with Gasteiger partial charge in [-0.2, -0.15) is 4.57 Å². The normalized spacial score (nSPS) is 14.6. The highest BCUT2D eigenvalue weighted by Crippen LogP contribution is 2.27. The largest absolute Gasteiger partial charge is 0.513 e. The fraction of sp³-hybridized carbons (Fsp3) is 0.324. The molecule has 11 heteroatoms. The Hall–Kier alpha value is -4.87. The molecule has 2 aromatic heterocycles. The molecule has 0 saturated carbocycles. The number of piperazine rings is 1. The van der Waals surface area contributed by atoms with Gasteiger partial charge in [0, 0.05) is 49.8 Å². The van der Waals surface area contributed by atoms with E-state index in [0.717, 1.165) is 48.6 Å². The predicted molar refractivity (Wildman–Crippen MR) is 172 cm³/mol. The molecule has 3 heterocycles. The van der Waals surface area contributed by atoms with Crippen molar-refractivity contribution in [2.24, 2.45) is 0 Å². The second-order valence-corrected chi connectivity index (χ2v) is 11.0. The summed E-state index contributed by atoms with van der Waals surface area (Å²) in [7, 11) is 0. The van der Waals surface area contributed by atoms with E-state index in [1.54, 1.807) is 17.0 Å². The third kappa shape index (κ3) is 8.62. The van der Waals surface area contributed by atoms with Gasteiger partial charge < -0.3 is 25.4 Å². The molecule has 0 radical (unpaired) electrons. The first kappa shape index (κ1) is 31.6. The fourth-order valence-electron chi connectivity index (χ4n) is 5.01. The third-order valence-corrected chi connectivity index (χ3v) is 7.65. The molecule has 1 fully saturated rings. The topological polar surface area (TPSA) is 122 Å². The Morgan fingerprint density at radius 3 is 2.64 bits per heavy atom. The van der Waals surface area contributed by atoms with E-state index < -0.39 is 12.2 Å². The smallest absolute Gasteiger partial charge is 0.431 e. The van der Waals surface area contributed by atoms with Crippen LogP contribution in [0.3, 0.4) is 0 Å². The van der Waals surface area contributed by atoms with E-state index in [-0.39, 0.29) is 18.7 Å². The highest BCUT2D eigenvalue weighted by molar-refractivity contribution is 5.96. The summed E-state index contributed by atoms with van der Waals surface area (Å²) in [4.78, 5) is 37.0. The predicted octanol–water partition coefficient (Wildman–Crippen LogP) is 4.98. The molecule has 11 nitrogen and oxygen atoms in total. The number of rotatable bonds is 11. The van der Waals surface area contributed by atoms with Crippen molar-refractivity contribution in [1.29, 1.82) is 0 Å². The van der Waals surface area contributed by atoms with Crippen LogP contribution in [0.5, 0.6) is 0 Å². The molecule has 3 N–H and O–H groups in total. The monoisotopic (exact) mass is 610 g/mol. The minimum atomic E-state index is -0.705. The van der Waals surface area contributed by atoms with E-state index in [2.05, 4.69) is 25.8 Å². The van der Waals surface area contributed by atoms with E-state index in [0.29, 0.717) is 23.8 Å². The van der Waals surface area contributed by atoms with Crippen molar-refractivity contribution < 1.29 is 23.6 Å². The van der Waals surface area contributed by atoms with Crippen LogP contribution in [0.25, 0.3) is 11.3 Å². The SMILES string of the molecule is CCC(C)OC(=O)OC[n+]1cccc(-c2ccnc(Nc3cc(NC(=O)C(c4ccccc4)N4CCNCC4)ccc3C)n2)c1. The Morgan fingerprint density at radius 1 is 1.07 bits per heavy atom. The summed E-state index contributed by atoms with van der Waals surface area (Å²) in [5.41, 5.74) is 4.90. The Morgan fingerprint density at radius 2 is 1.87 bits per heavy atom. The van der Waals surface area contributed by atoms with Crippen molar-refractivity contribution in [2.75, 3.05) is 36.8 Å². The van der Waals surface area contributed by atoms with Crippen LogP contribution in [0.1, 0.15) is 37.4 Å². The standard InChI is InChI=1S/C34H39N7O4/c1-4-25(3)45-34(43)44-23-40-18-8-11-27(22-40)29-14-15-36-33(38-29)39-30-21-28(13-12-24(30)2)37-32(42)31(26-9-6-5-7-10-26)41-19-16-35-17-20-41/h5-15,18,21-22,25,31,35H,4,16-17,19-20,23H2,1-3H3,(H-,36,37,38,39,42)/p+1. The summed E-state index contributed by atoms with van der Waals surface area (Å²) in [6, 6.07) is 20.8. The van der Waals surface area contributed by atoms with Crippen LogP contribution in [-0.2, 0) is 21.0 Å². The number of anilines is 3. The molecule has 4 aromatic rings. The second kappa shape index (κ2) is 15.2. The van der Waals surface area contributed by atoms with Crippen LogP contribution in [0, 0.1) is 6.92 Å². The average molecular weight is 611 g/mol. The number of nitrogens with one attached hydrogen (secondary N) is 3. The molecule has 45 heavy (non-hydrogen) atoms. The lowest BCUT2D eigenvalue weighted by molar-refractivity contribution is -0.727. The van der Waals surface area contributed by atoms with E-state index in [1.165, 1.54) is 0 Å². The summed E-state index contributed by atoms with van der Waals surface area (Å²) < 4.78 is 12.2. The molecular weight excluding hydrogens is 570 g/mol. The molecule has 5 rings (SSSR count). The van der Waals surface area contributed by atoms with Gasteiger partial charge in [-0.15, -0.1) is 0 Å². The summed E-state index contributed by atoms with van der Waals surface area (Å²) in [5.74, 6) is 0.330. The molecule has 2 unspecified atom stereocenters. The van der Waals surface area contributed by atoms with Gasteiger partial charge in [0.2, 0.25) is 11.9 Å². The van der Waals surface area contributed by atoms with Crippen LogP contribution < -0.4 is 20.5 Å². The molecule has 0 bridgehead atoms. The maximum Gasteiger partial charge on any atom is 0.513 e. The Labute approximate surface area is 263 Å². The maximum atomic E-state index is 13.7. The van der Waals surface area contributed by atoms with Crippen molar-refractivity contribution in [3.63, 3.8) is 0 Å². The van der Waals surface area contributed by atoms with Crippen LogP contribution in [0.4, 0.5) is 22.1 Å². The van der Waals surface area contributed by atoms with E-state index in [9.17, 15) is 9.59 Å². The number of aromatic nitrogens is 3. The minimum absolute atomic E-state index is 0.0107. The van der Waals surface area contributed by atoms with E-state index >= 15 is 0 Å². The van der Waals surface area contributed by atoms with Gasteiger partial charge in [0.1, 0.15) is 12.1 Å². The van der Waals surface area contributed by atoms with E-state index in [4.69, 9.17) is 14.5 Å². The molecule has 0 aliphatic carbocycles. The van der Waals surface area contributed by atoms with Gasteiger partial charge in [0.15, 0.2) is 12.4 Å². The first-order valence-electron chi connectivity index (χ1n) is 15.2. The zero-order valence-corrected chi connectivity index (χ0v) is 25.9. The second-order valence-electron chi connectivity index (χ2n) is 11.0. The number of hydrogen-bond donors (Lipinski definition) is 3. The van der Waals surface area contributed by atoms with Gasteiger partial charge in [-0.25, -0.2) is 14.8 Å². The lowest BCUT2D eigenvalue weighted by Crippen LogP contribution is -2.48. The average Bonchev–Trinajstić information content (AvgIpc) is 3.06. The summed E-state index contributed by atoms with van der Waals surface area (Å²) >= 11 is 0. The highest BCUT2D eigenvalue weighted by atomic mass is 16.7. The van der Waals surface area contributed by atoms with Crippen LogP contribution >= 0.6 is 0 Å². The Bertz CT molecular complexity index is 1590. The van der Waals surface area contributed by atoms with Gasteiger partial charge in [0.05, 0.1) is 11.3 Å². The quantitative estimate of drug-likeness (QED) is 0.160.